The van der Waals surface area contributed by atoms with Gasteiger partial charge in [-0.2, -0.15) is 0 Å². The molecule has 1 heterocycles. The third-order valence-corrected chi connectivity index (χ3v) is 1.65. The van der Waals surface area contributed by atoms with Gasteiger partial charge in [-0.25, -0.2) is 4.79 Å². The molecule has 0 bridgehead atoms. The maximum absolute atomic E-state index is 11.0. The van der Waals surface area contributed by atoms with Crippen LogP contribution in [0.3, 0.4) is 0 Å². The lowest BCUT2D eigenvalue weighted by molar-refractivity contribution is -0.117. The van der Waals surface area contributed by atoms with Crippen molar-refractivity contribution in [3.8, 4) is 0 Å². The van der Waals surface area contributed by atoms with Gasteiger partial charge >= 0.3 is 6.03 Å². The Balaban J connectivity index is 2.25. The van der Waals surface area contributed by atoms with E-state index in [1.165, 1.54) is 12.5 Å². The molecule has 1 aromatic heterocycles. The van der Waals surface area contributed by atoms with E-state index in [9.17, 15) is 9.59 Å². The van der Waals surface area contributed by atoms with Crippen molar-refractivity contribution in [1.82, 2.24) is 10.6 Å². The molecule has 5 nitrogen and oxygen atoms in total. The standard InChI is InChI=1S/C8H9ClN2O3/c9-3-7(12)11-8(13)10-4-6-1-2-14-5-6/h1-2,5H,3-4H2,(H2,10,11,12,13). The molecule has 0 radical (unpaired) electrons. The number of halogens is 1. The highest BCUT2D eigenvalue weighted by atomic mass is 35.5. The molecule has 1 rings (SSSR count). The topological polar surface area (TPSA) is 71.3 Å². The Morgan fingerprint density at radius 1 is 1.50 bits per heavy atom. The van der Waals surface area contributed by atoms with Crippen LogP contribution in [0.5, 0.6) is 0 Å². The van der Waals surface area contributed by atoms with Crippen molar-refractivity contribution in [2.45, 2.75) is 6.54 Å². The Morgan fingerprint density at radius 3 is 2.86 bits per heavy atom. The number of hydrogen-bond donors (Lipinski definition) is 2. The van der Waals surface area contributed by atoms with Crippen LogP contribution in [0.25, 0.3) is 0 Å². The van der Waals surface area contributed by atoms with E-state index in [-0.39, 0.29) is 5.88 Å². The minimum Gasteiger partial charge on any atom is -0.472 e. The van der Waals surface area contributed by atoms with Crippen molar-refractivity contribution >= 4 is 23.5 Å². The normalized spacial score (nSPS) is 9.50. The molecule has 0 aliphatic rings. The first-order valence-corrected chi connectivity index (χ1v) is 4.40. The third kappa shape index (κ3) is 3.49. The molecule has 0 unspecified atom stereocenters. The SMILES string of the molecule is O=C(CCl)NC(=O)NCc1ccoc1. The number of hydrogen-bond acceptors (Lipinski definition) is 3. The summed E-state index contributed by atoms with van der Waals surface area (Å²) in [5.41, 5.74) is 0.818. The van der Waals surface area contributed by atoms with Crippen LogP contribution in [0, 0.1) is 0 Å². The van der Waals surface area contributed by atoms with Gasteiger partial charge in [-0.05, 0) is 6.07 Å². The van der Waals surface area contributed by atoms with E-state index in [4.69, 9.17) is 16.0 Å². The second-order valence-electron chi connectivity index (χ2n) is 2.50. The summed E-state index contributed by atoms with van der Waals surface area (Å²) in [7, 11) is 0. The quantitative estimate of drug-likeness (QED) is 0.736. The summed E-state index contributed by atoms with van der Waals surface area (Å²) in [6.07, 6.45) is 3.00. The molecule has 14 heavy (non-hydrogen) atoms. The van der Waals surface area contributed by atoms with Gasteiger partial charge in [0.15, 0.2) is 0 Å². The number of rotatable bonds is 3. The van der Waals surface area contributed by atoms with Crippen molar-refractivity contribution in [3.63, 3.8) is 0 Å². The summed E-state index contributed by atoms with van der Waals surface area (Å²) >= 11 is 5.19. The molecule has 0 aliphatic carbocycles. The number of carbonyl (C=O) groups is 2. The number of furan rings is 1. The second kappa shape index (κ2) is 5.29. The van der Waals surface area contributed by atoms with Crippen LogP contribution in [-0.4, -0.2) is 17.8 Å². The van der Waals surface area contributed by atoms with Gasteiger partial charge in [-0.15, -0.1) is 11.6 Å². The van der Waals surface area contributed by atoms with Crippen LogP contribution in [0.2, 0.25) is 0 Å². The van der Waals surface area contributed by atoms with Gasteiger partial charge in [0.25, 0.3) is 0 Å². The molecular weight excluding hydrogens is 208 g/mol. The zero-order chi connectivity index (χ0) is 10.4. The zero-order valence-corrected chi connectivity index (χ0v) is 8.00. The maximum atomic E-state index is 11.0. The number of urea groups is 1. The van der Waals surface area contributed by atoms with Crippen LogP contribution in [0.15, 0.2) is 23.0 Å². The Labute approximate surface area is 85.4 Å². The highest BCUT2D eigenvalue weighted by Crippen LogP contribution is 1.97. The van der Waals surface area contributed by atoms with Gasteiger partial charge in [-0.1, -0.05) is 0 Å². The Hall–Kier alpha value is -1.49. The first-order chi connectivity index (χ1) is 6.72. The summed E-state index contributed by atoms with van der Waals surface area (Å²) in [6, 6.07) is 1.14. The number of imide groups is 1. The molecule has 0 atom stereocenters. The van der Waals surface area contributed by atoms with Gasteiger partial charge in [0.2, 0.25) is 5.91 Å². The monoisotopic (exact) mass is 216 g/mol. The largest absolute Gasteiger partial charge is 0.472 e. The third-order valence-electron chi connectivity index (χ3n) is 1.41. The van der Waals surface area contributed by atoms with Gasteiger partial charge in [-0.3, -0.25) is 10.1 Å². The van der Waals surface area contributed by atoms with Crippen LogP contribution in [0.4, 0.5) is 4.79 Å². The molecule has 76 valence electrons. The molecule has 0 fully saturated rings. The van der Waals surface area contributed by atoms with Crippen molar-refractivity contribution < 1.29 is 14.0 Å². The fraction of sp³-hybridized carbons (Fsp3) is 0.250. The molecule has 0 saturated carbocycles. The van der Waals surface area contributed by atoms with Gasteiger partial charge in [0.1, 0.15) is 5.88 Å². The first-order valence-electron chi connectivity index (χ1n) is 3.87. The summed E-state index contributed by atoms with van der Waals surface area (Å²) in [5.74, 6) is -0.768. The molecule has 2 N–H and O–H groups in total. The van der Waals surface area contributed by atoms with E-state index in [1.807, 2.05) is 5.32 Å². The number of amides is 3. The van der Waals surface area contributed by atoms with Gasteiger partial charge in [0.05, 0.1) is 12.5 Å². The predicted octanol–water partition coefficient (Wildman–Crippen LogP) is 0.844. The van der Waals surface area contributed by atoms with E-state index in [1.54, 1.807) is 6.07 Å². The summed E-state index contributed by atoms with van der Waals surface area (Å²) in [4.78, 5) is 21.6. The molecule has 0 aromatic carbocycles. The molecule has 0 aliphatic heterocycles. The minimum absolute atomic E-state index is 0.237. The van der Waals surface area contributed by atoms with E-state index in [2.05, 4.69) is 5.32 Å². The lowest BCUT2D eigenvalue weighted by Crippen LogP contribution is -2.39. The lowest BCUT2D eigenvalue weighted by atomic mass is 10.3. The number of alkyl halides is 1. The van der Waals surface area contributed by atoms with Crippen molar-refractivity contribution in [3.05, 3.63) is 24.2 Å². The van der Waals surface area contributed by atoms with Gasteiger partial charge in [0, 0.05) is 12.1 Å². The average molecular weight is 217 g/mol. The van der Waals surface area contributed by atoms with Crippen LogP contribution in [-0.2, 0) is 11.3 Å². The molecular formula is C8H9ClN2O3. The van der Waals surface area contributed by atoms with E-state index in [0.29, 0.717) is 6.54 Å². The van der Waals surface area contributed by atoms with Crippen molar-refractivity contribution in [2.75, 3.05) is 5.88 Å². The Kier molecular flexibility index (Phi) is 4.00. The van der Waals surface area contributed by atoms with Crippen molar-refractivity contribution in [2.24, 2.45) is 0 Å². The van der Waals surface area contributed by atoms with Crippen molar-refractivity contribution in [1.29, 1.82) is 0 Å². The second-order valence-corrected chi connectivity index (χ2v) is 2.76. The number of nitrogens with one attached hydrogen (secondary N) is 2. The molecule has 0 saturated heterocycles. The van der Waals surface area contributed by atoms with Gasteiger partial charge < -0.3 is 9.73 Å². The minimum atomic E-state index is -0.572. The Morgan fingerprint density at radius 2 is 2.29 bits per heavy atom. The zero-order valence-electron chi connectivity index (χ0n) is 7.25. The fourth-order valence-corrected chi connectivity index (χ4v) is 0.847. The summed E-state index contributed by atoms with van der Waals surface area (Å²) in [6.45, 7) is 0.303. The average Bonchev–Trinajstić information content (AvgIpc) is 2.67. The van der Waals surface area contributed by atoms with Crippen LogP contribution >= 0.6 is 11.6 Å². The van der Waals surface area contributed by atoms with Crippen LogP contribution < -0.4 is 10.6 Å². The maximum Gasteiger partial charge on any atom is 0.321 e. The van der Waals surface area contributed by atoms with Crippen LogP contribution in [0.1, 0.15) is 5.56 Å². The highest BCUT2D eigenvalue weighted by molar-refractivity contribution is 6.28. The Bertz CT molecular complexity index is 310. The molecule has 1 aromatic rings. The summed E-state index contributed by atoms with van der Waals surface area (Å²) < 4.78 is 4.79. The predicted molar refractivity (Wildman–Crippen MR) is 49.8 cm³/mol. The van der Waals surface area contributed by atoms with E-state index >= 15 is 0 Å². The summed E-state index contributed by atoms with van der Waals surface area (Å²) in [5, 5.41) is 4.50. The first kappa shape index (κ1) is 10.6. The molecule has 0 spiro atoms. The van der Waals surface area contributed by atoms with E-state index < -0.39 is 11.9 Å². The molecule has 6 heteroatoms. The molecule has 3 amide bonds. The smallest absolute Gasteiger partial charge is 0.321 e. The highest BCUT2D eigenvalue weighted by Gasteiger charge is 2.05. The van der Waals surface area contributed by atoms with E-state index in [0.717, 1.165) is 5.56 Å². The number of carbonyl (C=O) groups excluding carboxylic acids is 2. The fourth-order valence-electron chi connectivity index (χ4n) is 0.780. The lowest BCUT2D eigenvalue weighted by Gasteiger charge is -2.03.